The lowest BCUT2D eigenvalue weighted by Gasteiger charge is -2.22. The molecule has 0 saturated carbocycles. The van der Waals surface area contributed by atoms with Crippen LogP contribution in [0, 0.1) is 0 Å². The van der Waals surface area contributed by atoms with Gasteiger partial charge in [-0.2, -0.15) is 0 Å². The van der Waals surface area contributed by atoms with Crippen molar-refractivity contribution < 1.29 is 8.42 Å². The number of nitrogens with two attached hydrogens (primary N) is 1. The van der Waals surface area contributed by atoms with Crippen LogP contribution in [0.3, 0.4) is 0 Å². The summed E-state index contributed by atoms with van der Waals surface area (Å²) in [6.07, 6.45) is 0. The lowest BCUT2D eigenvalue weighted by molar-refractivity contribution is 0.479. The minimum absolute atomic E-state index is 0. The first-order valence-electron chi connectivity index (χ1n) is 5.72. The van der Waals surface area contributed by atoms with Gasteiger partial charge in [0.1, 0.15) is 0 Å². The van der Waals surface area contributed by atoms with Crippen molar-refractivity contribution in [2.24, 2.45) is 10.1 Å². The van der Waals surface area contributed by atoms with Crippen molar-refractivity contribution in [3.8, 4) is 0 Å². The molecule has 1 aromatic rings. The molecule has 0 fully saturated rings. The fourth-order valence-corrected chi connectivity index (χ4v) is 2.25. The minimum Gasteiger partial charge on any atom is -0.349 e. The summed E-state index contributed by atoms with van der Waals surface area (Å²) < 4.78 is 22.5. The Morgan fingerprint density at radius 3 is 2.20 bits per heavy atom. The SMILES string of the molecule is CN(C)C(=NCc1cccc(S(N)(=O)=O)c1)N(C)C.I. The monoisotopic (exact) mass is 412 g/mol. The smallest absolute Gasteiger partial charge is 0.238 e. The van der Waals surface area contributed by atoms with E-state index in [0.29, 0.717) is 6.54 Å². The average Bonchev–Trinajstić information content (AvgIpc) is 2.27. The number of hydrogen-bond acceptors (Lipinski definition) is 3. The van der Waals surface area contributed by atoms with Crippen LogP contribution in [0.15, 0.2) is 34.2 Å². The molecule has 0 aliphatic heterocycles. The number of primary sulfonamides is 1. The average molecular weight is 412 g/mol. The summed E-state index contributed by atoms with van der Waals surface area (Å²) in [7, 11) is 3.94. The van der Waals surface area contributed by atoms with Crippen molar-refractivity contribution in [3.05, 3.63) is 29.8 Å². The van der Waals surface area contributed by atoms with Gasteiger partial charge in [-0.25, -0.2) is 18.5 Å². The van der Waals surface area contributed by atoms with E-state index in [0.717, 1.165) is 11.5 Å². The third-order valence-electron chi connectivity index (χ3n) is 2.43. The fraction of sp³-hybridized carbons (Fsp3) is 0.417. The lowest BCUT2D eigenvalue weighted by atomic mass is 10.2. The van der Waals surface area contributed by atoms with Crippen molar-refractivity contribution in [3.63, 3.8) is 0 Å². The van der Waals surface area contributed by atoms with E-state index >= 15 is 0 Å². The number of guanidine groups is 1. The normalized spacial score (nSPS) is 10.4. The second-order valence-corrected chi connectivity index (χ2v) is 6.16. The topological polar surface area (TPSA) is 79.0 Å². The first-order valence-corrected chi connectivity index (χ1v) is 7.27. The molecular formula is C12H21IN4O2S. The number of rotatable bonds is 3. The van der Waals surface area contributed by atoms with Gasteiger partial charge in [-0.1, -0.05) is 12.1 Å². The maximum atomic E-state index is 11.3. The second-order valence-electron chi connectivity index (χ2n) is 4.60. The standard InChI is InChI=1S/C12H20N4O2S.HI/c1-15(2)12(16(3)4)14-9-10-6-5-7-11(8-10)19(13,17)18;/h5-8H,9H2,1-4H3,(H2,13,17,18);1H. The molecule has 0 aromatic heterocycles. The van der Waals surface area contributed by atoms with Crippen LogP contribution in [0.1, 0.15) is 5.56 Å². The zero-order valence-electron chi connectivity index (χ0n) is 12.1. The van der Waals surface area contributed by atoms with Crippen LogP contribution >= 0.6 is 24.0 Å². The Hall–Kier alpha value is -0.870. The summed E-state index contributed by atoms with van der Waals surface area (Å²) in [6, 6.07) is 6.50. The van der Waals surface area contributed by atoms with Crippen LogP contribution in [0.5, 0.6) is 0 Å². The van der Waals surface area contributed by atoms with E-state index in [-0.39, 0.29) is 28.9 Å². The molecule has 1 rings (SSSR count). The second kappa shape index (κ2) is 7.79. The zero-order valence-corrected chi connectivity index (χ0v) is 15.2. The van der Waals surface area contributed by atoms with Gasteiger partial charge in [0.25, 0.3) is 0 Å². The molecule has 0 amide bonds. The van der Waals surface area contributed by atoms with Crippen LogP contribution in [0.4, 0.5) is 0 Å². The van der Waals surface area contributed by atoms with Crippen LogP contribution in [0.2, 0.25) is 0 Å². The quantitative estimate of drug-likeness (QED) is 0.455. The molecule has 0 saturated heterocycles. The summed E-state index contributed by atoms with van der Waals surface area (Å²) in [6.45, 7) is 0.398. The highest BCUT2D eigenvalue weighted by molar-refractivity contribution is 14.0. The molecule has 1 aromatic carbocycles. The molecule has 0 bridgehead atoms. The Bertz CT molecular complexity index is 561. The van der Waals surface area contributed by atoms with Crippen LogP contribution in [-0.4, -0.2) is 52.4 Å². The van der Waals surface area contributed by atoms with E-state index in [1.165, 1.54) is 6.07 Å². The Morgan fingerprint density at radius 2 is 1.75 bits per heavy atom. The molecule has 0 aliphatic carbocycles. The molecule has 0 aliphatic rings. The summed E-state index contributed by atoms with van der Waals surface area (Å²) >= 11 is 0. The van der Waals surface area contributed by atoms with Crippen molar-refractivity contribution in [2.75, 3.05) is 28.2 Å². The summed E-state index contributed by atoms with van der Waals surface area (Å²) in [5.74, 6) is 0.806. The van der Waals surface area contributed by atoms with E-state index in [4.69, 9.17) is 5.14 Å². The maximum absolute atomic E-state index is 11.3. The Morgan fingerprint density at radius 1 is 1.20 bits per heavy atom. The van der Waals surface area contributed by atoms with E-state index in [1.54, 1.807) is 12.1 Å². The molecule has 0 spiro atoms. The molecular weight excluding hydrogens is 391 g/mol. The molecule has 0 radical (unpaired) electrons. The first-order chi connectivity index (χ1) is 8.71. The number of halogens is 1. The van der Waals surface area contributed by atoms with Crippen LogP contribution in [-0.2, 0) is 16.6 Å². The van der Waals surface area contributed by atoms with Gasteiger partial charge in [0, 0.05) is 28.2 Å². The van der Waals surface area contributed by atoms with Gasteiger partial charge in [-0.3, -0.25) is 0 Å². The Labute approximate surface area is 137 Å². The van der Waals surface area contributed by atoms with Gasteiger partial charge in [-0.05, 0) is 17.7 Å². The lowest BCUT2D eigenvalue weighted by Crippen LogP contribution is -2.35. The fourth-order valence-electron chi connectivity index (χ4n) is 1.67. The summed E-state index contributed by atoms with van der Waals surface area (Å²) in [5, 5.41) is 5.10. The molecule has 0 heterocycles. The highest BCUT2D eigenvalue weighted by Crippen LogP contribution is 2.11. The van der Waals surface area contributed by atoms with Gasteiger partial charge in [0.2, 0.25) is 10.0 Å². The van der Waals surface area contributed by atoms with Crippen molar-refractivity contribution >= 4 is 40.0 Å². The zero-order chi connectivity index (χ0) is 14.6. The van der Waals surface area contributed by atoms with Gasteiger partial charge < -0.3 is 9.80 Å². The number of benzene rings is 1. The van der Waals surface area contributed by atoms with Crippen molar-refractivity contribution in [1.82, 2.24) is 9.80 Å². The predicted octanol–water partition coefficient (Wildman–Crippen LogP) is 0.931. The summed E-state index contributed by atoms with van der Waals surface area (Å²) in [4.78, 5) is 8.34. The van der Waals surface area contributed by atoms with Gasteiger partial charge >= 0.3 is 0 Å². The predicted molar refractivity (Wildman–Crippen MR) is 91.7 cm³/mol. The highest BCUT2D eigenvalue weighted by Gasteiger charge is 2.08. The van der Waals surface area contributed by atoms with E-state index in [1.807, 2.05) is 44.1 Å². The van der Waals surface area contributed by atoms with Gasteiger partial charge in [0.15, 0.2) is 5.96 Å². The van der Waals surface area contributed by atoms with Gasteiger partial charge in [0.05, 0.1) is 11.4 Å². The molecule has 20 heavy (non-hydrogen) atoms. The highest BCUT2D eigenvalue weighted by atomic mass is 127. The first kappa shape index (κ1) is 19.1. The van der Waals surface area contributed by atoms with Crippen molar-refractivity contribution in [1.29, 1.82) is 0 Å². The van der Waals surface area contributed by atoms with Gasteiger partial charge in [-0.15, -0.1) is 24.0 Å². The minimum atomic E-state index is -3.67. The molecule has 114 valence electrons. The van der Waals surface area contributed by atoms with Crippen molar-refractivity contribution in [2.45, 2.75) is 11.4 Å². The molecule has 0 atom stereocenters. The number of aliphatic imine (C=N–C) groups is 1. The number of sulfonamides is 1. The third-order valence-corrected chi connectivity index (χ3v) is 3.34. The van der Waals surface area contributed by atoms with Crippen LogP contribution in [0.25, 0.3) is 0 Å². The van der Waals surface area contributed by atoms with E-state index in [2.05, 4.69) is 4.99 Å². The van der Waals surface area contributed by atoms with E-state index in [9.17, 15) is 8.42 Å². The molecule has 0 unspecified atom stereocenters. The summed E-state index contributed by atoms with van der Waals surface area (Å²) in [5.41, 5.74) is 0.799. The molecule has 8 heteroatoms. The molecule has 2 N–H and O–H groups in total. The Balaban J connectivity index is 0.00000361. The Kier molecular flexibility index (Phi) is 7.45. The maximum Gasteiger partial charge on any atom is 0.238 e. The largest absolute Gasteiger partial charge is 0.349 e. The number of hydrogen-bond donors (Lipinski definition) is 1. The third kappa shape index (κ3) is 5.63. The molecule has 6 nitrogen and oxygen atoms in total. The van der Waals surface area contributed by atoms with E-state index < -0.39 is 10.0 Å². The number of nitrogens with zero attached hydrogens (tertiary/aromatic N) is 3. The van der Waals surface area contributed by atoms with Crippen LogP contribution < -0.4 is 5.14 Å².